The van der Waals surface area contributed by atoms with Gasteiger partial charge >= 0.3 is 0 Å². The summed E-state index contributed by atoms with van der Waals surface area (Å²) in [6, 6.07) is 8.10. The van der Waals surface area contributed by atoms with Crippen LogP contribution in [-0.2, 0) is 0 Å². The van der Waals surface area contributed by atoms with Gasteiger partial charge in [0.05, 0.1) is 12.6 Å². The molecule has 0 saturated heterocycles. The molecule has 4 nitrogen and oxygen atoms in total. The summed E-state index contributed by atoms with van der Waals surface area (Å²) >= 11 is 0. The predicted molar refractivity (Wildman–Crippen MR) is 79.8 cm³/mol. The van der Waals surface area contributed by atoms with Gasteiger partial charge in [0.1, 0.15) is 18.5 Å². The van der Waals surface area contributed by atoms with E-state index in [2.05, 4.69) is 13.0 Å². The minimum absolute atomic E-state index is 0.247. The van der Waals surface area contributed by atoms with E-state index < -0.39 is 6.10 Å². The van der Waals surface area contributed by atoms with Crippen molar-refractivity contribution < 1.29 is 9.84 Å². The lowest BCUT2D eigenvalue weighted by Gasteiger charge is -2.22. The number of aliphatic hydroxyl groups is 1. The average molecular weight is 276 g/mol. The van der Waals surface area contributed by atoms with Crippen molar-refractivity contribution in [3.8, 4) is 11.8 Å². The van der Waals surface area contributed by atoms with Crippen molar-refractivity contribution in [1.82, 2.24) is 4.90 Å². The van der Waals surface area contributed by atoms with Crippen LogP contribution in [0.1, 0.15) is 24.5 Å². The third kappa shape index (κ3) is 5.20. The topological polar surface area (TPSA) is 56.5 Å². The minimum atomic E-state index is -0.589. The molecule has 0 bridgehead atoms. The summed E-state index contributed by atoms with van der Waals surface area (Å²) in [4.78, 5) is 1.94. The summed E-state index contributed by atoms with van der Waals surface area (Å²) in [6.45, 7) is 7.91. The van der Waals surface area contributed by atoms with E-state index in [1.165, 1.54) is 0 Å². The van der Waals surface area contributed by atoms with Gasteiger partial charge in [-0.15, -0.1) is 0 Å². The van der Waals surface area contributed by atoms with Crippen LogP contribution in [0.15, 0.2) is 18.2 Å². The van der Waals surface area contributed by atoms with Crippen LogP contribution in [0.2, 0.25) is 0 Å². The van der Waals surface area contributed by atoms with Crippen molar-refractivity contribution in [3.63, 3.8) is 0 Å². The molecule has 0 heterocycles. The Morgan fingerprint density at radius 1 is 1.35 bits per heavy atom. The third-order valence-electron chi connectivity index (χ3n) is 3.13. The lowest BCUT2D eigenvalue weighted by molar-refractivity contribution is 0.0719. The highest BCUT2D eigenvalue weighted by Crippen LogP contribution is 2.22. The van der Waals surface area contributed by atoms with Gasteiger partial charge in [-0.25, -0.2) is 0 Å². The van der Waals surface area contributed by atoms with Crippen molar-refractivity contribution in [2.75, 3.05) is 26.2 Å². The zero-order valence-electron chi connectivity index (χ0n) is 12.6. The molecule has 110 valence electrons. The first-order chi connectivity index (χ1) is 9.58. The number of aliphatic hydroxyl groups excluding tert-OH is 1. The monoisotopic (exact) mass is 276 g/mol. The Kier molecular flexibility index (Phi) is 7.06. The smallest absolute Gasteiger partial charge is 0.125 e. The van der Waals surface area contributed by atoms with Crippen molar-refractivity contribution >= 4 is 0 Å². The molecule has 0 amide bonds. The quantitative estimate of drug-likeness (QED) is 0.740. The highest BCUT2D eigenvalue weighted by Gasteiger charge is 2.13. The lowest BCUT2D eigenvalue weighted by Crippen LogP contribution is -2.36. The van der Waals surface area contributed by atoms with Gasteiger partial charge in [0.15, 0.2) is 0 Å². The number of nitriles is 1. The number of rotatable bonds is 8. The number of hydrogen-bond acceptors (Lipinski definition) is 4. The normalized spacial score (nSPS) is 12.2. The van der Waals surface area contributed by atoms with E-state index in [1.54, 1.807) is 0 Å². The third-order valence-corrected chi connectivity index (χ3v) is 3.13. The summed E-state index contributed by atoms with van der Waals surface area (Å²) in [5.41, 5.74) is 2.14. The largest absolute Gasteiger partial charge is 0.490 e. The van der Waals surface area contributed by atoms with Crippen LogP contribution >= 0.6 is 0 Å². The van der Waals surface area contributed by atoms with E-state index in [1.807, 2.05) is 36.9 Å². The molecule has 1 atom stereocenters. The number of benzene rings is 1. The van der Waals surface area contributed by atoms with Gasteiger partial charge in [0, 0.05) is 6.54 Å². The first-order valence-corrected chi connectivity index (χ1v) is 7.04. The van der Waals surface area contributed by atoms with Gasteiger partial charge in [-0.3, -0.25) is 4.90 Å². The maximum Gasteiger partial charge on any atom is 0.125 e. The predicted octanol–water partition coefficient (Wildman–Crippen LogP) is 2.28. The van der Waals surface area contributed by atoms with E-state index in [9.17, 15) is 5.11 Å². The van der Waals surface area contributed by atoms with Gasteiger partial charge in [-0.05, 0) is 37.9 Å². The number of hydrogen-bond donors (Lipinski definition) is 1. The second-order valence-corrected chi connectivity index (χ2v) is 5.08. The summed E-state index contributed by atoms with van der Waals surface area (Å²) in [5, 5.41) is 18.8. The number of nitrogens with zero attached hydrogens (tertiary/aromatic N) is 2. The van der Waals surface area contributed by atoms with Crippen molar-refractivity contribution in [1.29, 1.82) is 5.26 Å². The van der Waals surface area contributed by atoms with Crippen LogP contribution in [0.25, 0.3) is 0 Å². The molecule has 0 aliphatic rings. The molecule has 0 aliphatic carbocycles. The minimum Gasteiger partial charge on any atom is -0.490 e. The van der Waals surface area contributed by atoms with E-state index in [0.717, 1.165) is 29.8 Å². The Morgan fingerprint density at radius 3 is 2.55 bits per heavy atom. The first kappa shape index (κ1) is 16.5. The standard InChI is InChI=1S/C16H24N2O2/c1-4-9-18(10-8-17)11-15(19)12-20-16-13(2)6-5-7-14(16)3/h5-7,15,19H,4,9-12H2,1-3H3. The van der Waals surface area contributed by atoms with E-state index in [0.29, 0.717) is 13.1 Å². The first-order valence-electron chi connectivity index (χ1n) is 7.04. The Morgan fingerprint density at radius 2 is 2.00 bits per heavy atom. The zero-order valence-corrected chi connectivity index (χ0v) is 12.6. The van der Waals surface area contributed by atoms with Gasteiger partial charge in [-0.1, -0.05) is 25.1 Å². The second-order valence-electron chi connectivity index (χ2n) is 5.08. The maximum absolute atomic E-state index is 10.0. The highest BCUT2D eigenvalue weighted by atomic mass is 16.5. The summed E-state index contributed by atoms with van der Waals surface area (Å²) in [6.07, 6.45) is 0.375. The van der Waals surface area contributed by atoms with Crippen molar-refractivity contribution in [2.45, 2.75) is 33.3 Å². The molecule has 0 spiro atoms. The highest BCUT2D eigenvalue weighted by molar-refractivity contribution is 5.39. The molecule has 4 heteroatoms. The van der Waals surface area contributed by atoms with Crippen LogP contribution in [0.4, 0.5) is 0 Å². The molecule has 1 unspecified atom stereocenters. The average Bonchev–Trinajstić information content (AvgIpc) is 2.38. The fourth-order valence-electron chi connectivity index (χ4n) is 2.21. The molecular formula is C16H24N2O2. The second kappa shape index (κ2) is 8.57. The molecule has 1 rings (SSSR count). The maximum atomic E-state index is 10.0. The molecule has 0 saturated carbocycles. The summed E-state index contributed by atoms with van der Waals surface area (Å²) < 4.78 is 5.73. The van der Waals surface area contributed by atoms with Crippen LogP contribution in [0.3, 0.4) is 0 Å². The van der Waals surface area contributed by atoms with E-state index in [-0.39, 0.29) is 6.61 Å². The van der Waals surface area contributed by atoms with Crippen molar-refractivity contribution in [2.24, 2.45) is 0 Å². The molecule has 0 radical (unpaired) electrons. The number of ether oxygens (including phenoxy) is 1. The fraction of sp³-hybridized carbons (Fsp3) is 0.562. The molecule has 0 fully saturated rings. The van der Waals surface area contributed by atoms with Crippen LogP contribution < -0.4 is 4.74 Å². The van der Waals surface area contributed by atoms with Crippen LogP contribution in [-0.4, -0.2) is 42.4 Å². The molecule has 20 heavy (non-hydrogen) atoms. The van der Waals surface area contributed by atoms with Gasteiger partial charge in [-0.2, -0.15) is 5.26 Å². The van der Waals surface area contributed by atoms with Gasteiger partial charge < -0.3 is 9.84 Å². The van der Waals surface area contributed by atoms with Crippen LogP contribution in [0.5, 0.6) is 5.75 Å². The van der Waals surface area contributed by atoms with Crippen LogP contribution in [0, 0.1) is 25.2 Å². The van der Waals surface area contributed by atoms with E-state index >= 15 is 0 Å². The molecular weight excluding hydrogens is 252 g/mol. The Balaban J connectivity index is 2.50. The number of para-hydroxylation sites is 1. The Bertz CT molecular complexity index is 434. The molecule has 1 aromatic rings. The van der Waals surface area contributed by atoms with E-state index in [4.69, 9.17) is 10.00 Å². The lowest BCUT2D eigenvalue weighted by atomic mass is 10.1. The zero-order chi connectivity index (χ0) is 15.0. The fourth-order valence-corrected chi connectivity index (χ4v) is 2.21. The van der Waals surface area contributed by atoms with Gasteiger partial charge in [0.25, 0.3) is 0 Å². The molecule has 0 aromatic heterocycles. The summed E-state index contributed by atoms with van der Waals surface area (Å²) in [5.74, 6) is 0.842. The summed E-state index contributed by atoms with van der Waals surface area (Å²) in [7, 11) is 0. The molecule has 1 aromatic carbocycles. The van der Waals surface area contributed by atoms with Gasteiger partial charge in [0.2, 0.25) is 0 Å². The number of aryl methyl sites for hydroxylation is 2. The SMILES string of the molecule is CCCN(CC#N)CC(O)COc1c(C)cccc1C. The van der Waals surface area contributed by atoms with Crippen molar-refractivity contribution in [3.05, 3.63) is 29.3 Å². The molecule has 1 N–H and O–H groups in total. The molecule has 0 aliphatic heterocycles. The Hall–Kier alpha value is -1.57. The Labute approximate surface area is 121 Å².